The molecule has 1 amide bonds. The average Bonchev–Trinajstić information content (AvgIpc) is 2.68. The summed E-state index contributed by atoms with van der Waals surface area (Å²) in [6.07, 6.45) is 3.36. The maximum absolute atomic E-state index is 12.6. The monoisotopic (exact) mass is 359 g/mol. The first-order valence-electron chi connectivity index (χ1n) is 9.55. The number of hydrogen-bond donors (Lipinski definition) is 1. The van der Waals surface area contributed by atoms with E-state index in [0.29, 0.717) is 38.5 Å². The quantitative estimate of drug-likeness (QED) is 0.870. The van der Waals surface area contributed by atoms with E-state index in [1.165, 1.54) is 5.69 Å². The Labute approximate surface area is 155 Å². The summed E-state index contributed by atoms with van der Waals surface area (Å²) in [6, 6.07) is 10.8. The zero-order chi connectivity index (χ0) is 18.5. The summed E-state index contributed by atoms with van der Waals surface area (Å²) in [4.78, 5) is 30.0. The van der Waals surface area contributed by atoms with Gasteiger partial charge in [-0.25, -0.2) is 0 Å². The van der Waals surface area contributed by atoms with Gasteiger partial charge >= 0.3 is 5.97 Å². The van der Waals surface area contributed by atoms with Crippen LogP contribution in [-0.4, -0.2) is 72.6 Å². The first-order valence-corrected chi connectivity index (χ1v) is 9.55. The molecular weight excluding hydrogens is 330 g/mol. The third-order valence-electron chi connectivity index (χ3n) is 5.72. The Bertz CT molecular complexity index is 614. The summed E-state index contributed by atoms with van der Waals surface area (Å²) in [5.74, 6) is -0.917. The zero-order valence-electron chi connectivity index (χ0n) is 15.5. The van der Waals surface area contributed by atoms with E-state index in [1.807, 2.05) is 18.0 Å². The molecule has 1 aromatic rings. The lowest BCUT2D eigenvalue weighted by Gasteiger charge is -2.39. The van der Waals surface area contributed by atoms with Gasteiger partial charge in [0.15, 0.2) is 0 Å². The summed E-state index contributed by atoms with van der Waals surface area (Å²) in [5.41, 5.74) is 1.24. The standard InChI is InChI=1S/C20H29N3O3/c1-21(15-19(24)22-12-9-16(10-13-22)20(25)26)18-8-5-11-23(14-18)17-6-3-2-4-7-17/h2-4,6-7,16,18H,5,8-15H2,1H3,(H,25,26). The van der Waals surface area contributed by atoms with Crippen LogP contribution in [0.1, 0.15) is 25.7 Å². The minimum absolute atomic E-state index is 0.119. The maximum atomic E-state index is 12.6. The molecule has 1 aromatic carbocycles. The van der Waals surface area contributed by atoms with Crippen molar-refractivity contribution in [3.63, 3.8) is 0 Å². The van der Waals surface area contributed by atoms with Crippen LogP contribution in [0.25, 0.3) is 0 Å². The van der Waals surface area contributed by atoms with Gasteiger partial charge in [-0.15, -0.1) is 0 Å². The summed E-state index contributed by atoms with van der Waals surface area (Å²) < 4.78 is 0. The van der Waals surface area contributed by atoms with Gasteiger partial charge in [0.1, 0.15) is 0 Å². The number of benzene rings is 1. The van der Waals surface area contributed by atoms with Crippen LogP contribution in [-0.2, 0) is 9.59 Å². The number of para-hydroxylation sites is 1. The number of carboxylic acid groups (broad SMARTS) is 1. The molecule has 0 bridgehead atoms. The molecule has 2 fully saturated rings. The molecule has 1 atom stereocenters. The Morgan fingerprint density at radius 2 is 1.81 bits per heavy atom. The fourth-order valence-electron chi connectivity index (χ4n) is 4.01. The summed E-state index contributed by atoms with van der Waals surface area (Å²) >= 11 is 0. The third-order valence-corrected chi connectivity index (χ3v) is 5.72. The fraction of sp³-hybridized carbons (Fsp3) is 0.600. The number of amides is 1. The molecule has 0 radical (unpaired) electrons. The Hall–Kier alpha value is -2.08. The lowest BCUT2D eigenvalue weighted by atomic mass is 9.97. The molecule has 2 saturated heterocycles. The van der Waals surface area contributed by atoms with Crippen molar-refractivity contribution in [1.82, 2.24) is 9.80 Å². The number of piperidine rings is 2. The number of anilines is 1. The average molecular weight is 359 g/mol. The zero-order valence-corrected chi connectivity index (χ0v) is 15.5. The lowest BCUT2D eigenvalue weighted by Crippen LogP contribution is -2.51. The van der Waals surface area contributed by atoms with Crippen LogP contribution in [0.5, 0.6) is 0 Å². The molecular formula is C20H29N3O3. The highest BCUT2D eigenvalue weighted by atomic mass is 16.4. The van der Waals surface area contributed by atoms with Gasteiger partial charge in [-0.1, -0.05) is 18.2 Å². The number of aliphatic carboxylic acids is 1. The molecule has 0 aromatic heterocycles. The van der Waals surface area contributed by atoms with Crippen LogP contribution < -0.4 is 4.90 Å². The first-order chi connectivity index (χ1) is 12.5. The van der Waals surface area contributed by atoms with Gasteiger partial charge in [0, 0.05) is 37.9 Å². The van der Waals surface area contributed by atoms with Crippen LogP contribution in [0.4, 0.5) is 5.69 Å². The van der Waals surface area contributed by atoms with Gasteiger partial charge in [0.05, 0.1) is 12.5 Å². The van der Waals surface area contributed by atoms with E-state index in [2.05, 4.69) is 34.1 Å². The molecule has 26 heavy (non-hydrogen) atoms. The van der Waals surface area contributed by atoms with Gasteiger partial charge < -0.3 is 14.9 Å². The molecule has 142 valence electrons. The molecule has 0 saturated carbocycles. The van der Waals surface area contributed by atoms with Gasteiger partial charge in [-0.05, 0) is 44.9 Å². The van der Waals surface area contributed by atoms with E-state index in [9.17, 15) is 9.59 Å². The predicted molar refractivity (Wildman–Crippen MR) is 101 cm³/mol. The number of likely N-dealkylation sites (N-methyl/N-ethyl adjacent to an activating group) is 1. The molecule has 2 aliphatic heterocycles. The number of hydrogen-bond acceptors (Lipinski definition) is 4. The van der Waals surface area contributed by atoms with E-state index in [1.54, 1.807) is 0 Å². The molecule has 0 aliphatic carbocycles. The fourth-order valence-corrected chi connectivity index (χ4v) is 4.01. The highest BCUT2D eigenvalue weighted by molar-refractivity contribution is 5.79. The molecule has 2 heterocycles. The van der Waals surface area contributed by atoms with Crippen molar-refractivity contribution < 1.29 is 14.7 Å². The van der Waals surface area contributed by atoms with Gasteiger partial charge in [-0.2, -0.15) is 0 Å². The molecule has 3 rings (SSSR count). The SMILES string of the molecule is CN(CC(=O)N1CCC(C(=O)O)CC1)C1CCCN(c2ccccc2)C1. The number of carbonyl (C=O) groups excluding carboxylic acids is 1. The van der Waals surface area contributed by atoms with Gasteiger partial charge in [-0.3, -0.25) is 14.5 Å². The maximum Gasteiger partial charge on any atom is 0.306 e. The predicted octanol–water partition coefficient (Wildman–Crippen LogP) is 1.91. The number of carboxylic acids is 1. The highest BCUT2D eigenvalue weighted by Gasteiger charge is 2.29. The largest absolute Gasteiger partial charge is 0.481 e. The van der Waals surface area contributed by atoms with Crippen molar-refractivity contribution in [1.29, 1.82) is 0 Å². The second kappa shape index (κ2) is 8.54. The Balaban J connectivity index is 1.50. The Kier molecular flexibility index (Phi) is 6.14. The van der Waals surface area contributed by atoms with Crippen LogP contribution in [0.15, 0.2) is 30.3 Å². The van der Waals surface area contributed by atoms with Crippen molar-refractivity contribution in [3.05, 3.63) is 30.3 Å². The number of nitrogens with zero attached hydrogens (tertiary/aromatic N) is 3. The lowest BCUT2D eigenvalue weighted by molar-refractivity contribution is -0.146. The summed E-state index contributed by atoms with van der Waals surface area (Å²) in [6.45, 7) is 3.53. The van der Waals surface area contributed by atoms with Crippen molar-refractivity contribution in [2.24, 2.45) is 5.92 Å². The highest BCUT2D eigenvalue weighted by Crippen LogP contribution is 2.22. The second-order valence-corrected chi connectivity index (χ2v) is 7.49. The van der Waals surface area contributed by atoms with E-state index >= 15 is 0 Å². The van der Waals surface area contributed by atoms with Crippen molar-refractivity contribution >= 4 is 17.6 Å². The molecule has 0 spiro atoms. The summed E-state index contributed by atoms with van der Waals surface area (Å²) in [7, 11) is 2.03. The summed E-state index contributed by atoms with van der Waals surface area (Å²) in [5, 5.41) is 9.08. The van der Waals surface area contributed by atoms with E-state index in [0.717, 1.165) is 25.9 Å². The second-order valence-electron chi connectivity index (χ2n) is 7.49. The number of rotatable bonds is 5. The first kappa shape index (κ1) is 18.7. The van der Waals surface area contributed by atoms with E-state index in [-0.39, 0.29) is 11.8 Å². The number of likely N-dealkylation sites (tertiary alicyclic amines) is 1. The van der Waals surface area contributed by atoms with Crippen LogP contribution in [0.3, 0.4) is 0 Å². The van der Waals surface area contributed by atoms with Crippen LogP contribution in [0.2, 0.25) is 0 Å². The minimum atomic E-state index is -0.738. The van der Waals surface area contributed by atoms with Gasteiger partial charge in [0.25, 0.3) is 0 Å². The molecule has 6 heteroatoms. The normalized spacial score (nSPS) is 21.8. The molecule has 6 nitrogen and oxygen atoms in total. The minimum Gasteiger partial charge on any atom is -0.481 e. The van der Waals surface area contributed by atoms with Crippen molar-refractivity contribution in [2.75, 3.05) is 44.7 Å². The number of carbonyl (C=O) groups is 2. The van der Waals surface area contributed by atoms with Crippen LogP contribution >= 0.6 is 0 Å². The van der Waals surface area contributed by atoms with E-state index < -0.39 is 5.97 Å². The van der Waals surface area contributed by atoms with Crippen LogP contribution in [0, 0.1) is 5.92 Å². The topological polar surface area (TPSA) is 64.1 Å². The third kappa shape index (κ3) is 4.55. The molecule has 2 aliphatic rings. The van der Waals surface area contributed by atoms with Crippen molar-refractivity contribution in [3.8, 4) is 0 Å². The Morgan fingerprint density at radius 1 is 1.12 bits per heavy atom. The molecule has 1 unspecified atom stereocenters. The van der Waals surface area contributed by atoms with Crippen molar-refractivity contribution in [2.45, 2.75) is 31.7 Å². The van der Waals surface area contributed by atoms with E-state index in [4.69, 9.17) is 5.11 Å². The van der Waals surface area contributed by atoms with Gasteiger partial charge in [0.2, 0.25) is 5.91 Å². The molecule has 1 N–H and O–H groups in total. The Morgan fingerprint density at radius 3 is 2.46 bits per heavy atom. The smallest absolute Gasteiger partial charge is 0.306 e.